The standard InChI is InChI=1S/C31H34N4O9/c32-29(33)18-9-6-10-19(13-18)34-25(30(40)35-24-16-41-15-23(42-24)17-7-2-1-3-8-17)20-11-4-5-12-21(20)43-31-28(39)27(38)26(37)22(14-36)44-31/h1-2,4-7,9-13,15-16,22,25-28,31,34,36-39H,3,8,14H2,(H3,32,33)(H,35,40). The number of para-hydroxylation sites is 1. The van der Waals surface area contributed by atoms with E-state index in [1.165, 1.54) is 18.6 Å². The lowest BCUT2D eigenvalue weighted by atomic mass is 9.99. The Kier molecular flexibility index (Phi) is 9.62. The van der Waals surface area contributed by atoms with E-state index in [1.54, 1.807) is 42.5 Å². The Balaban J connectivity index is 1.43. The fraction of sp³-hybridized carbons (Fsp3) is 0.290. The van der Waals surface area contributed by atoms with Crippen LogP contribution in [0.25, 0.3) is 0 Å². The van der Waals surface area contributed by atoms with Crippen molar-refractivity contribution in [3.05, 3.63) is 108 Å². The summed E-state index contributed by atoms with van der Waals surface area (Å²) in [5.74, 6) is -0.153. The molecular formula is C31H34N4O9. The van der Waals surface area contributed by atoms with Crippen molar-refractivity contribution in [2.75, 3.05) is 11.9 Å². The monoisotopic (exact) mass is 606 g/mol. The number of anilines is 1. The van der Waals surface area contributed by atoms with E-state index in [-0.39, 0.29) is 17.5 Å². The molecule has 0 saturated carbocycles. The Hall–Kier alpha value is -4.66. The zero-order valence-electron chi connectivity index (χ0n) is 23.5. The van der Waals surface area contributed by atoms with Crippen LogP contribution in [0.5, 0.6) is 5.75 Å². The van der Waals surface area contributed by atoms with Crippen molar-refractivity contribution >= 4 is 17.4 Å². The number of hydrogen-bond donors (Lipinski definition) is 8. The van der Waals surface area contributed by atoms with Crippen LogP contribution in [0.15, 0.2) is 96.5 Å². The molecule has 0 aromatic heterocycles. The molecule has 2 aromatic carbocycles. The molecule has 6 atom stereocenters. The molecule has 1 amide bonds. The summed E-state index contributed by atoms with van der Waals surface area (Å²) in [5, 5.41) is 54.3. The van der Waals surface area contributed by atoms with E-state index in [2.05, 4.69) is 10.6 Å². The molecular weight excluding hydrogens is 572 g/mol. The first kappa shape index (κ1) is 30.8. The number of nitrogens with one attached hydrogen (secondary N) is 3. The molecule has 2 aliphatic heterocycles. The molecule has 1 aliphatic carbocycles. The number of nitrogen functional groups attached to an aromatic ring is 1. The molecule has 0 bridgehead atoms. The number of aliphatic hydroxyl groups excluding tert-OH is 4. The number of hydrogen-bond acceptors (Lipinski definition) is 11. The number of benzene rings is 2. The zero-order chi connectivity index (χ0) is 31.2. The summed E-state index contributed by atoms with van der Waals surface area (Å²) in [6.45, 7) is -0.633. The number of rotatable bonds is 10. The molecule has 1 saturated heterocycles. The average Bonchev–Trinajstić information content (AvgIpc) is 3.05. The van der Waals surface area contributed by atoms with Gasteiger partial charge in [-0.1, -0.05) is 48.6 Å². The van der Waals surface area contributed by atoms with E-state index in [0.29, 0.717) is 22.6 Å². The molecule has 13 heteroatoms. The third-order valence-electron chi connectivity index (χ3n) is 7.22. The van der Waals surface area contributed by atoms with E-state index in [1.807, 2.05) is 18.2 Å². The molecule has 5 rings (SSSR count). The second kappa shape index (κ2) is 13.8. The fourth-order valence-electron chi connectivity index (χ4n) is 4.87. The van der Waals surface area contributed by atoms with Crippen molar-refractivity contribution < 1.29 is 44.2 Å². The van der Waals surface area contributed by atoms with Gasteiger partial charge in [-0.15, -0.1) is 0 Å². The molecule has 2 heterocycles. The molecule has 2 aromatic rings. The summed E-state index contributed by atoms with van der Waals surface area (Å²) < 4.78 is 22.8. The van der Waals surface area contributed by atoms with Crippen LogP contribution in [0.2, 0.25) is 0 Å². The molecule has 6 unspecified atom stereocenters. The Morgan fingerprint density at radius 1 is 1.09 bits per heavy atom. The van der Waals surface area contributed by atoms with E-state index in [4.69, 9.17) is 30.1 Å². The minimum absolute atomic E-state index is 0.0413. The smallest absolute Gasteiger partial charge is 0.254 e. The maximum Gasteiger partial charge on any atom is 0.254 e. The van der Waals surface area contributed by atoms with Gasteiger partial charge < -0.3 is 50.4 Å². The number of nitrogens with two attached hydrogens (primary N) is 1. The molecule has 3 aliphatic rings. The van der Waals surface area contributed by atoms with Gasteiger partial charge in [-0.2, -0.15) is 0 Å². The highest BCUT2D eigenvalue weighted by atomic mass is 16.7. The van der Waals surface area contributed by atoms with Gasteiger partial charge in [-0.05, 0) is 36.6 Å². The highest BCUT2D eigenvalue weighted by Crippen LogP contribution is 2.33. The number of aliphatic hydroxyl groups is 4. The largest absolute Gasteiger partial charge is 0.463 e. The normalized spacial score (nSPS) is 25.3. The summed E-state index contributed by atoms with van der Waals surface area (Å²) in [7, 11) is 0. The molecule has 0 radical (unpaired) electrons. The second-order valence-electron chi connectivity index (χ2n) is 10.3. The SMILES string of the molecule is N=C(N)c1cccc(NC(C(=O)NC2=COC=C(C3=CC=CCC3)O2)c2ccccc2OC2OC(CO)C(O)C(O)C2O)c1. The number of carbonyl (C=O) groups is 1. The number of allylic oxidation sites excluding steroid dienone is 4. The topological polar surface area (TPSA) is 209 Å². The molecule has 0 spiro atoms. The van der Waals surface area contributed by atoms with Crippen LogP contribution in [0.1, 0.15) is 30.0 Å². The highest BCUT2D eigenvalue weighted by molar-refractivity contribution is 5.96. The molecule has 232 valence electrons. The van der Waals surface area contributed by atoms with E-state index in [0.717, 1.165) is 18.4 Å². The van der Waals surface area contributed by atoms with Crippen molar-refractivity contribution in [3.8, 4) is 5.75 Å². The second-order valence-corrected chi connectivity index (χ2v) is 10.3. The van der Waals surface area contributed by atoms with Gasteiger partial charge in [0.25, 0.3) is 5.91 Å². The van der Waals surface area contributed by atoms with Crippen LogP contribution in [-0.2, 0) is 19.0 Å². The van der Waals surface area contributed by atoms with Crippen molar-refractivity contribution in [3.63, 3.8) is 0 Å². The molecule has 44 heavy (non-hydrogen) atoms. The first-order valence-corrected chi connectivity index (χ1v) is 13.9. The first-order valence-electron chi connectivity index (χ1n) is 13.9. The van der Waals surface area contributed by atoms with Crippen LogP contribution in [0.3, 0.4) is 0 Å². The van der Waals surface area contributed by atoms with Gasteiger partial charge in [0.05, 0.1) is 6.61 Å². The Morgan fingerprint density at radius 3 is 2.66 bits per heavy atom. The third-order valence-corrected chi connectivity index (χ3v) is 7.22. The third kappa shape index (κ3) is 6.93. The number of carbonyl (C=O) groups excluding carboxylic acids is 1. The summed E-state index contributed by atoms with van der Waals surface area (Å²) in [6, 6.07) is 11.9. The summed E-state index contributed by atoms with van der Waals surface area (Å²) in [6.07, 6.45) is 2.58. The predicted molar refractivity (Wildman–Crippen MR) is 158 cm³/mol. The van der Waals surface area contributed by atoms with Gasteiger partial charge in [-0.3, -0.25) is 15.5 Å². The Morgan fingerprint density at radius 2 is 1.91 bits per heavy atom. The Labute approximate surface area is 253 Å². The van der Waals surface area contributed by atoms with Crippen molar-refractivity contribution in [1.82, 2.24) is 5.32 Å². The first-order chi connectivity index (χ1) is 21.2. The van der Waals surface area contributed by atoms with Crippen LogP contribution < -0.4 is 21.1 Å². The van der Waals surface area contributed by atoms with Gasteiger partial charge in [0.2, 0.25) is 12.2 Å². The van der Waals surface area contributed by atoms with E-state index >= 15 is 0 Å². The van der Waals surface area contributed by atoms with Gasteiger partial charge in [0.15, 0.2) is 12.0 Å². The predicted octanol–water partition coefficient (Wildman–Crippen LogP) is 1.38. The molecule has 9 N–H and O–H groups in total. The minimum Gasteiger partial charge on any atom is -0.463 e. The van der Waals surface area contributed by atoms with Gasteiger partial charge in [0, 0.05) is 16.8 Å². The van der Waals surface area contributed by atoms with Crippen LogP contribution in [0, 0.1) is 5.41 Å². The highest BCUT2D eigenvalue weighted by Gasteiger charge is 2.45. The van der Waals surface area contributed by atoms with Crippen LogP contribution in [-0.4, -0.2) is 69.5 Å². The van der Waals surface area contributed by atoms with Crippen LogP contribution in [0.4, 0.5) is 5.69 Å². The van der Waals surface area contributed by atoms with E-state index in [9.17, 15) is 25.2 Å². The Bertz CT molecular complexity index is 1500. The summed E-state index contributed by atoms with van der Waals surface area (Å²) in [4.78, 5) is 13.9. The minimum atomic E-state index is -1.67. The van der Waals surface area contributed by atoms with E-state index < -0.39 is 49.3 Å². The van der Waals surface area contributed by atoms with Gasteiger partial charge >= 0.3 is 0 Å². The van der Waals surface area contributed by atoms with Crippen molar-refractivity contribution in [1.29, 1.82) is 5.41 Å². The maximum absolute atomic E-state index is 13.9. The maximum atomic E-state index is 13.9. The lowest BCUT2D eigenvalue weighted by Gasteiger charge is -2.40. The number of amidine groups is 1. The summed E-state index contributed by atoms with van der Waals surface area (Å²) in [5.41, 5.74) is 7.76. The lowest BCUT2D eigenvalue weighted by Crippen LogP contribution is -2.60. The average molecular weight is 607 g/mol. The van der Waals surface area contributed by atoms with Crippen molar-refractivity contribution in [2.24, 2.45) is 5.73 Å². The van der Waals surface area contributed by atoms with Gasteiger partial charge in [-0.25, -0.2) is 0 Å². The molecule has 13 nitrogen and oxygen atoms in total. The number of amides is 1. The van der Waals surface area contributed by atoms with Gasteiger partial charge in [0.1, 0.15) is 48.3 Å². The zero-order valence-corrected chi connectivity index (χ0v) is 23.5. The quantitative estimate of drug-likeness (QED) is 0.143. The fourth-order valence-corrected chi connectivity index (χ4v) is 4.87. The summed E-state index contributed by atoms with van der Waals surface area (Å²) >= 11 is 0. The number of ether oxygens (including phenoxy) is 4. The lowest BCUT2D eigenvalue weighted by molar-refractivity contribution is -0.277. The van der Waals surface area contributed by atoms with Crippen LogP contribution >= 0.6 is 0 Å². The molecule has 1 fully saturated rings. The van der Waals surface area contributed by atoms with Crippen molar-refractivity contribution in [2.45, 2.75) is 49.6 Å².